The molecule has 0 aliphatic carbocycles. The normalized spacial score (nSPS) is 11.1. The van der Waals surface area contributed by atoms with Gasteiger partial charge in [0, 0.05) is 20.3 Å². The van der Waals surface area contributed by atoms with Gasteiger partial charge in [0.05, 0.1) is 0 Å². The van der Waals surface area contributed by atoms with Gasteiger partial charge in [0.2, 0.25) is 0 Å². The maximum Gasteiger partial charge on any atom is 0.166 e. The van der Waals surface area contributed by atoms with Crippen molar-refractivity contribution < 1.29 is 0 Å². The van der Waals surface area contributed by atoms with Gasteiger partial charge in [0.1, 0.15) is 0 Å². The van der Waals surface area contributed by atoms with Crippen LogP contribution in [-0.4, -0.2) is 22.8 Å². The summed E-state index contributed by atoms with van der Waals surface area (Å²) < 4.78 is 0.942. The molecule has 3 heteroatoms. The number of hydrogen-bond acceptors (Lipinski definition) is 1. The first-order valence-electron chi connectivity index (χ1n) is 2.20. The molecule has 0 aromatic heterocycles. The molecule has 0 radical (unpaired) electrons. The summed E-state index contributed by atoms with van der Waals surface area (Å²) in [5, 5.41) is 0. The van der Waals surface area contributed by atoms with E-state index >= 15 is 0 Å². The van der Waals surface area contributed by atoms with Gasteiger partial charge in [-0.2, -0.15) is 0 Å². The van der Waals surface area contributed by atoms with Gasteiger partial charge in [-0.25, -0.2) is 4.99 Å². The third-order valence-corrected chi connectivity index (χ3v) is 1.81. The molecule has 0 spiro atoms. The molecule has 0 fully saturated rings. The van der Waals surface area contributed by atoms with Gasteiger partial charge in [0.25, 0.3) is 0 Å². The van der Waals surface area contributed by atoms with Crippen molar-refractivity contribution in [3.8, 4) is 0 Å². The largest absolute Gasteiger partial charge is 0.358 e. The maximum absolute atomic E-state index is 3.92. The molecule has 0 saturated carbocycles. The summed E-state index contributed by atoms with van der Waals surface area (Å²) in [6, 6.07) is 0. The van der Waals surface area contributed by atoms with Crippen LogP contribution in [0.15, 0.2) is 17.8 Å². The van der Waals surface area contributed by atoms with E-state index in [0.29, 0.717) is 0 Å². The van der Waals surface area contributed by atoms with E-state index in [0.717, 1.165) is 3.84 Å². The molecule has 0 aliphatic heterocycles. The summed E-state index contributed by atoms with van der Waals surface area (Å²) in [4.78, 5) is 5.84. The van der Waals surface area contributed by atoms with Crippen molar-refractivity contribution in [2.75, 3.05) is 14.1 Å². The zero-order chi connectivity index (χ0) is 6.57. The molecule has 0 N–H and O–H groups in total. The molecule has 0 aromatic carbocycles. The van der Waals surface area contributed by atoms with E-state index in [9.17, 15) is 0 Å². The molecule has 0 amide bonds. The molecule has 0 rings (SSSR count). The second-order valence-corrected chi connectivity index (χ2v) is 2.44. The Bertz CT molecular complexity index is 107. The van der Waals surface area contributed by atoms with E-state index in [-0.39, 0.29) is 0 Å². The smallest absolute Gasteiger partial charge is 0.166 e. The third-order valence-electron chi connectivity index (χ3n) is 0.567. The lowest BCUT2D eigenvalue weighted by atomic mass is 10.9. The number of amidine groups is 1. The van der Waals surface area contributed by atoms with Crippen LogP contribution in [0.3, 0.4) is 0 Å². The van der Waals surface area contributed by atoms with Crippen molar-refractivity contribution in [3.05, 3.63) is 12.8 Å². The van der Waals surface area contributed by atoms with Gasteiger partial charge in [-0.1, -0.05) is 6.58 Å². The highest BCUT2D eigenvalue weighted by Gasteiger charge is 1.89. The van der Waals surface area contributed by atoms with Crippen molar-refractivity contribution in [1.29, 1.82) is 0 Å². The zero-order valence-electron chi connectivity index (χ0n) is 5.06. The topological polar surface area (TPSA) is 15.6 Å². The van der Waals surface area contributed by atoms with E-state index in [1.807, 2.05) is 19.0 Å². The van der Waals surface area contributed by atoms with E-state index in [1.54, 1.807) is 0 Å². The highest BCUT2D eigenvalue weighted by molar-refractivity contribution is 14.1. The zero-order valence-corrected chi connectivity index (χ0v) is 7.21. The van der Waals surface area contributed by atoms with Crippen molar-refractivity contribution in [2.45, 2.75) is 0 Å². The Labute approximate surface area is 63.4 Å². The fourth-order valence-electron chi connectivity index (χ4n) is 0.191. The minimum atomic E-state index is 0.942. The average Bonchev–Trinajstić information content (AvgIpc) is 1.67. The van der Waals surface area contributed by atoms with Crippen LogP contribution in [0.5, 0.6) is 0 Å². The van der Waals surface area contributed by atoms with Crippen molar-refractivity contribution in [2.24, 2.45) is 4.99 Å². The fourth-order valence-corrected chi connectivity index (χ4v) is 0.388. The Morgan fingerprint density at radius 1 is 1.75 bits per heavy atom. The first-order chi connectivity index (χ1) is 3.68. The van der Waals surface area contributed by atoms with Crippen molar-refractivity contribution >= 4 is 26.4 Å². The molecule has 2 nitrogen and oxygen atoms in total. The fraction of sp³-hybridized carbons (Fsp3) is 0.400. The summed E-state index contributed by atoms with van der Waals surface area (Å²) in [5.41, 5.74) is 0. The first kappa shape index (κ1) is 7.94. The third kappa shape index (κ3) is 3.01. The number of nitrogens with zero attached hydrogens (tertiary/aromatic N) is 2. The van der Waals surface area contributed by atoms with Crippen molar-refractivity contribution in [3.63, 3.8) is 0 Å². The molecule has 0 aromatic rings. The van der Waals surface area contributed by atoms with Crippen LogP contribution >= 0.6 is 22.6 Å². The number of aliphatic imine (C=N–C) groups is 1. The summed E-state index contributed by atoms with van der Waals surface area (Å²) in [5.74, 6) is 0. The van der Waals surface area contributed by atoms with Crippen LogP contribution in [0.2, 0.25) is 0 Å². The molecule has 8 heavy (non-hydrogen) atoms. The number of hydrogen-bond donors (Lipinski definition) is 0. The molecule has 0 saturated heterocycles. The van der Waals surface area contributed by atoms with Gasteiger partial charge in [0.15, 0.2) is 3.84 Å². The SMILES string of the molecule is C=C/N=C(/I)N(C)C. The Balaban J connectivity index is 3.78. The molecule has 0 bridgehead atoms. The first-order valence-corrected chi connectivity index (χ1v) is 3.28. The predicted molar refractivity (Wildman–Crippen MR) is 45.3 cm³/mol. The van der Waals surface area contributed by atoms with E-state index in [2.05, 4.69) is 34.2 Å². The van der Waals surface area contributed by atoms with Crippen molar-refractivity contribution in [1.82, 2.24) is 4.90 Å². The van der Waals surface area contributed by atoms with Gasteiger partial charge in [-0.05, 0) is 22.6 Å². The van der Waals surface area contributed by atoms with E-state index < -0.39 is 0 Å². The van der Waals surface area contributed by atoms with Gasteiger partial charge in [-0.15, -0.1) is 0 Å². The van der Waals surface area contributed by atoms with Crippen LogP contribution in [-0.2, 0) is 0 Å². The highest BCUT2D eigenvalue weighted by atomic mass is 127. The van der Waals surface area contributed by atoms with E-state index in [4.69, 9.17) is 0 Å². The molecular weight excluding hydrogens is 215 g/mol. The Hall–Kier alpha value is -0.0600. The average molecular weight is 224 g/mol. The Morgan fingerprint density at radius 3 is 2.38 bits per heavy atom. The second kappa shape index (κ2) is 3.88. The summed E-state index contributed by atoms with van der Waals surface area (Å²) in [6.45, 7) is 3.46. The summed E-state index contributed by atoms with van der Waals surface area (Å²) in [7, 11) is 3.88. The quantitative estimate of drug-likeness (QED) is 0.285. The van der Waals surface area contributed by atoms with Gasteiger partial charge >= 0.3 is 0 Å². The van der Waals surface area contributed by atoms with Crippen LogP contribution in [0, 0.1) is 0 Å². The van der Waals surface area contributed by atoms with Crippen LogP contribution in [0.1, 0.15) is 0 Å². The molecule has 0 heterocycles. The number of halogens is 1. The molecule has 46 valence electrons. The van der Waals surface area contributed by atoms with Crippen LogP contribution in [0.25, 0.3) is 0 Å². The minimum Gasteiger partial charge on any atom is -0.358 e. The lowest BCUT2D eigenvalue weighted by molar-refractivity contribution is 0.640. The number of rotatable bonds is 1. The minimum absolute atomic E-state index is 0.942. The lowest BCUT2D eigenvalue weighted by Crippen LogP contribution is -2.14. The van der Waals surface area contributed by atoms with Gasteiger partial charge < -0.3 is 4.90 Å². The standard InChI is InChI=1S/C5H9IN2/c1-4-7-5(6)8(2)3/h4H,1H2,2-3H3/b7-5-. The van der Waals surface area contributed by atoms with Gasteiger partial charge in [-0.3, -0.25) is 0 Å². The molecule has 0 unspecified atom stereocenters. The Morgan fingerprint density at radius 2 is 2.25 bits per heavy atom. The summed E-state index contributed by atoms with van der Waals surface area (Å²) >= 11 is 2.14. The monoisotopic (exact) mass is 224 g/mol. The van der Waals surface area contributed by atoms with Crippen LogP contribution in [0.4, 0.5) is 0 Å². The van der Waals surface area contributed by atoms with Crippen LogP contribution < -0.4 is 0 Å². The lowest BCUT2D eigenvalue weighted by Gasteiger charge is -2.06. The predicted octanol–water partition coefficient (Wildman–Crippen LogP) is 1.48. The Kier molecular flexibility index (Phi) is 3.85. The maximum atomic E-state index is 3.92. The second-order valence-electron chi connectivity index (χ2n) is 1.48. The molecule has 0 atom stereocenters. The highest BCUT2D eigenvalue weighted by Crippen LogP contribution is 1.93. The molecule has 0 aliphatic rings. The molecular formula is C5H9IN2. The van der Waals surface area contributed by atoms with E-state index in [1.165, 1.54) is 6.20 Å². The summed E-state index contributed by atoms with van der Waals surface area (Å²) in [6.07, 6.45) is 1.53.